The SMILES string of the molecule is CCN(CCC#N)C(=O)c1ccc(OC(F)(F)F)c(N)c1. The van der Waals surface area contributed by atoms with E-state index < -0.39 is 18.0 Å². The fourth-order valence-corrected chi connectivity index (χ4v) is 1.67. The standard InChI is InChI=1S/C13H14F3N3O2/c1-2-19(7-3-6-17)12(20)9-4-5-11(10(18)8-9)21-13(14,15)16/h4-5,8H,2-3,7,18H2,1H3. The maximum atomic E-state index is 12.1. The summed E-state index contributed by atoms with van der Waals surface area (Å²) in [6, 6.07) is 5.24. The summed E-state index contributed by atoms with van der Waals surface area (Å²) < 4.78 is 40.1. The van der Waals surface area contributed by atoms with E-state index >= 15 is 0 Å². The molecule has 5 nitrogen and oxygen atoms in total. The molecular weight excluding hydrogens is 287 g/mol. The first kappa shape index (κ1) is 16.6. The molecule has 1 aromatic carbocycles. The van der Waals surface area contributed by atoms with Gasteiger partial charge in [0.1, 0.15) is 0 Å². The van der Waals surface area contributed by atoms with Crippen LogP contribution in [-0.4, -0.2) is 30.3 Å². The molecule has 114 valence electrons. The second kappa shape index (κ2) is 6.83. The minimum atomic E-state index is -4.85. The number of carbonyl (C=O) groups is 1. The van der Waals surface area contributed by atoms with Crippen molar-refractivity contribution in [1.29, 1.82) is 5.26 Å². The molecule has 0 spiro atoms. The van der Waals surface area contributed by atoms with Gasteiger partial charge < -0.3 is 15.4 Å². The highest BCUT2D eigenvalue weighted by molar-refractivity contribution is 5.95. The molecule has 0 aliphatic rings. The Morgan fingerprint density at radius 1 is 1.48 bits per heavy atom. The van der Waals surface area contributed by atoms with Crippen LogP contribution in [0.4, 0.5) is 18.9 Å². The van der Waals surface area contributed by atoms with E-state index in [1.807, 2.05) is 6.07 Å². The van der Waals surface area contributed by atoms with E-state index in [1.54, 1.807) is 6.92 Å². The molecule has 2 N–H and O–H groups in total. The summed E-state index contributed by atoms with van der Waals surface area (Å²) in [6.07, 6.45) is -4.67. The number of alkyl halides is 3. The first-order valence-corrected chi connectivity index (χ1v) is 6.10. The van der Waals surface area contributed by atoms with E-state index in [0.29, 0.717) is 6.54 Å². The van der Waals surface area contributed by atoms with E-state index in [2.05, 4.69) is 4.74 Å². The smallest absolute Gasteiger partial charge is 0.404 e. The van der Waals surface area contributed by atoms with Crippen molar-refractivity contribution < 1.29 is 22.7 Å². The number of hydrogen-bond donors (Lipinski definition) is 1. The summed E-state index contributed by atoms with van der Waals surface area (Å²) in [7, 11) is 0. The predicted octanol–water partition coefficient (Wildman–Crippen LogP) is 2.54. The Labute approximate surface area is 119 Å². The monoisotopic (exact) mass is 301 g/mol. The van der Waals surface area contributed by atoms with Gasteiger partial charge in [0.05, 0.1) is 18.2 Å². The molecule has 1 rings (SSSR count). The Hall–Kier alpha value is -2.43. The molecule has 0 saturated carbocycles. The van der Waals surface area contributed by atoms with Crippen LogP contribution in [0.3, 0.4) is 0 Å². The third-order valence-corrected chi connectivity index (χ3v) is 2.64. The number of benzene rings is 1. The number of anilines is 1. The number of ether oxygens (including phenoxy) is 1. The number of rotatable bonds is 5. The Balaban J connectivity index is 2.92. The summed E-state index contributed by atoms with van der Waals surface area (Å²) in [5.41, 5.74) is 5.32. The van der Waals surface area contributed by atoms with Gasteiger partial charge in [0.25, 0.3) is 5.91 Å². The quantitative estimate of drug-likeness (QED) is 0.848. The average molecular weight is 301 g/mol. The number of hydrogen-bond acceptors (Lipinski definition) is 4. The largest absolute Gasteiger partial charge is 0.573 e. The summed E-state index contributed by atoms with van der Waals surface area (Å²) in [5.74, 6) is -0.961. The van der Waals surface area contributed by atoms with Crippen LogP contribution in [0.2, 0.25) is 0 Å². The van der Waals surface area contributed by atoms with E-state index in [0.717, 1.165) is 12.1 Å². The Bertz CT molecular complexity index is 553. The fraction of sp³-hybridized carbons (Fsp3) is 0.385. The molecule has 1 amide bonds. The van der Waals surface area contributed by atoms with Crippen molar-refractivity contribution in [1.82, 2.24) is 4.90 Å². The molecule has 0 radical (unpaired) electrons. The van der Waals surface area contributed by atoms with Crippen molar-refractivity contribution >= 4 is 11.6 Å². The molecule has 21 heavy (non-hydrogen) atoms. The molecule has 0 unspecified atom stereocenters. The van der Waals surface area contributed by atoms with Gasteiger partial charge in [-0.1, -0.05) is 0 Å². The molecule has 0 aromatic heterocycles. The normalized spacial score (nSPS) is 10.8. The number of nitrogen functional groups attached to an aromatic ring is 1. The molecule has 0 saturated heterocycles. The lowest BCUT2D eigenvalue weighted by Crippen LogP contribution is -2.31. The minimum absolute atomic E-state index is 0.141. The highest BCUT2D eigenvalue weighted by atomic mass is 19.4. The van der Waals surface area contributed by atoms with Crippen LogP contribution >= 0.6 is 0 Å². The second-order valence-electron chi connectivity index (χ2n) is 4.09. The van der Waals surface area contributed by atoms with Crippen LogP contribution in [0.25, 0.3) is 0 Å². The minimum Gasteiger partial charge on any atom is -0.404 e. The van der Waals surface area contributed by atoms with Gasteiger partial charge in [-0.05, 0) is 25.1 Å². The van der Waals surface area contributed by atoms with Crippen LogP contribution in [0.1, 0.15) is 23.7 Å². The summed E-state index contributed by atoms with van der Waals surface area (Å²) in [5, 5.41) is 8.52. The summed E-state index contributed by atoms with van der Waals surface area (Å²) in [6.45, 7) is 2.35. The number of carbonyl (C=O) groups excluding carboxylic acids is 1. The zero-order chi connectivity index (χ0) is 16.0. The zero-order valence-electron chi connectivity index (χ0n) is 11.3. The van der Waals surface area contributed by atoms with E-state index in [1.165, 1.54) is 11.0 Å². The van der Waals surface area contributed by atoms with Gasteiger partial charge in [0.15, 0.2) is 5.75 Å². The maximum Gasteiger partial charge on any atom is 0.573 e. The van der Waals surface area contributed by atoms with Crippen LogP contribution < -0.4 is 10.5 Å². The fourth-order valence-electron chi connectivity index (χ4n) is 1.67. The van der Waals surface area contributed by atoms with Gasteiger partial charge in [-0.25, -0.2) is 0 Å². The molecular formula is C13H14F3N3O2. The van der Waals surface area contributed by atoms with E-state index in [-0.39, 0.29) is 24.2 Å². The van der Waals surface area contributed by atoms with Crippen LogP contribution in [0.5, 0.6) is 5.75 Å². The van der Waals surface area contributed by atoms with Crippen LogP contribution in [0.15, 0.2) is 18.2 Å². The molecule has 8 heteroatoms. The van der Waals surface area contributed by atoms with Crippen molar-refractivity contribution in [2.24, 2.45) is 0 Å². The molecule has 0 heterocycles. The molecule has 0 fully saturated rings. The first-order chi connectivity index (χ1) is 9.78. The van der Waals surface area contributed by atoms with Crippen molar-refractivity contribution in [3.8, 4) is 11.8 Å². The lowest BCUT2D eigenvalue weighted by atomic mass is 10.1. The third kappa shape index (κ3) is 4.87. The molecule has 0 aliphatic heterocycles. The number of nitriles is 1. The first-order valence-electron chi connectivity index (χ1n) is 6.10. The van der Waals surface area contributed by atoms with Gasteiger partial charge in [-0.2, -0.15) is 5.26 Å². The van der Waals surface area contributed by atoms with Crippen molar-refractivity contribution in [2.45, 2.75) is 19.7 Å². The van der Waals surface area contributed by atoms with E-state index in [4.69, 9.17) is 11.0 Å². The molecule has 0 atom stereocenters. The number of amides is 1. The maximum absolute atomic E-state index is 12.1. The van der Waals surface area contributed by atoms with Crippen LogP contribution in [0, 0.1) is 11.3 Å². The summed E-state index contributed by atoms with van der Waals surface area (Å²) >= 11 is 0. The van der Waals surface area contributed by atoms with Gasteiger partial charge >= 0.3 is 6.36 Å². The Morgan fingerprint density at radius 2 is 2.14 bits per heavy atom. The summed E-state index contributed by atoms with van der Waals surface area (Å²) in [4.78, 5) is 13.5. The van der Waals surface area contributed by atoms with Gasteiger partial charge in [-0.15, -0.1) is 13.2 Å². The molecule has 0 aliphatic carbocycles. The zero-order valence-corrected chi connectivity index (χ0v) is 11.3. The number of nitrogens with two attached hydrogens (primary N) is 1. The van der Waals surface area contributed by atoms with Crippen molar-refractivity contribution in [2.75, 3.05) is 18.8 Å². The molecule has 1 aromatic rings. The van der Waals surface area contributed by atoms with Gasteiger partial charge in [0, 0.05) is 18.7 Å². The highest BCUT2D eigenvalue weighted by Crippen LogP contribution is 2.29. The predicted molar refractivity (Wildman–Crippen MR) is 69.3 cm³/mol. The van der Waals surface area contributed by atoms with Crippen molar-refractivity contribution in [3.05, 3.63) is 23.8 Å². The molecule has 0 bridgehead atoms. The van der Waals surface area contributed by atoms with Gasteiger partial charge in [-0.3, -0.25) is 4.79 Å². The lowest BCUT2D eigenvalue weighted by Gasteiger charge is -2.20. The Kier molecular flexibility index (Phi) is 5.41. The second-order valence-corrected chi connectivity index (χ2v) is 4.09. The third-order valence-electron chi connectivity index (χ3n) is 2.64. The Morgan fingerprint density at radius 3 is 2.62 bits per heavy atom. The van der Waals surface area contributed by atoms with Crippen molar-refractivity contribution in [3.63, 3.8) is 0 Å². The lowest BCUT2D eigenvalue weighted by molar-refractivity contribution is -0.274. The number of nitrogens with zero attached hydrogens (tertiary/aromatic N) is 2. The van der Waals surface area contributed by atoms with Crippen LogP contribution in [-0.2, 0) is 0 Å². The highest BCUT2D eigenvalue weighted by Gasteiger charge is 2.32. The average Bonchev–Trinajstić information content (AvgIpc) is 2.40. The van der Waals surface area contributed by atoms with E-state index in [9.17, 15) is 18.0 Å². The topological polar surface area (TPSA) is 79.3 Å². The van der Waals surface area contributed by atoms with Gasteiger partial charge in [0.2, 0.25) is 0 Å². The number of halogens is 3.